The first-order valence-corrected chi connectivity index (χ1v) is 7.07. The zero-order valence-corrected chi connectivity index (χ0v) is 11.4. The van der Waals surface area contributed by atoms with Gasteiger partial charge in [-0.2, -0.15) is 0 Å². The number of rotatable bonds is 6. The van der Waals surface area contributed by atoms with Gasteiger partial charge in [0.05, 0.1) is 11.9 Å². The maximum absolute atomic E-state index is 11.5. The zero-order chi connectivity index (χ0) is 13.7. The summed E-state index contributed by atoms with van der Waals surface area (Å²) in [5.74, 6) is 0.167. The van der Waals surface area contributed by atoms with Crippen LogP contribution in [0, 0.1) is 0 Å². The van der Waals surface area contributed by atoms with E-state index in [0.29, 0.717) is 18.2 Å². The summed E-state index contributed by atoms with van der Waals surface area (Å²) in [6.07, 6.45) is 0.157. The van der Waals surface area contributed by atoms with Gasteiger partial charge >= 0.3 is 0 Å². The molecule has 0 fully saturated rings. The van der Waals surface area contributed by atoms with Crippen LogP contribution in [0.5, 0.6) is 0 Å². The van der Waals surface area contributed by atoms with Gasteiger partial charge in [-0.3, -0.25) is 4.79 Å². The Labute approximate surface area is 115 Å². The number of fused-ring (bicyclic) bond motifs is 1. The quantitative estimate of drug-likeness (QED) is 0.789. The third-order valence-electron chi connectivity index (χ3n) is 2.49. The van der Waals surface area contributed by atoms with Crippen LogP contribution in [0.25, 0.3) is 11.1 Å². The number of oxazole rings is 1. The summed E-state index contributed by atoms with van der Waals surface area (Å²) >= 11 is 1.26. The number of aliphatic hydroxyl groups is 1. The Morgan fingerprint density at radius 3 is 3.05 bits per heavy atom. The van der Waals surface area contributed by atoms with Crippen LogP contribution in [0.15, 0.2) is 33.9 Å². The van der Waals surface area contributed by atoms with Crippen molar-refractivity contribution in [2.24, 2.45) is 0 Å². The van der Waals surface area contributed by atoms with Crippen LogP contribution >= 0.6 is 11.8 Å². The minimum Gasteiger partial charge on any atom is -0.431 e. The molecule has 102 valence electrons. The summed E-state index contributed by atoms with van der Waals surface area (Å²) in [6.45, 7) is 2.17. The molecule has 2 rings (SSSR count). The van der Waals surface area contributed by atoms with Gasteiger partial charge in [0.15, 0.2) is 5.58 Å². The number of aliphatic hydroxyl groups excluding tert-OH is 1. The average Bonchev–Trinajstić information content (AvgIpc) is 2.78. The fourth-order valence-electron chi connectivity index (χ4n) is 1.51. The van der Waals surface area contributed by atoms with Crippen LogP contribution in [-0.2, 0) is 4.79 Å². The average molecular weight is 280 g/mol. The van der Waals surface area contributed by atoms with Crippen LogP contribution in [-0.4, -0.2) is 34.4 Å². The number of thioether (sulfide) groups is 1. The standard InChI is InChI=1S/C13H16N2O3S/c1-9(16)6-7-14-12(17)8-19-13-15-10-4-2-3-5-11(10)18-13/h2-5,9,16H,6-8H2,1H3,(H,14,17). The molecule has 1 aromatic carbocycles. The molecule has 5 nitrogen and oxygen atoms in total. The fraction of sp³-hybridized carbons (Fsp3) is 0.385. The first-order valence-electron chi connectivity index (χ1n) is 6.08. The number of nitrogens with one attached hydrogen (secondary N) is 1. The van der Waals surface area contributed by atoms with Crippen molar-refractivity contribution in [3.8, 4) is 0 Å². The highest BCUT2D eigenvalue weighted by Crippen LogP contribution is 2.22. The number of carbonyl (C=O) groups excluding carboxylic acids is 1. The van der Waals surface area contributed by atoms with E-state index < -0.39 is 6.10 Å². The van der Waals surface area contributed by atoms with Crippen molar-refractivity contribution < 1.29 is 14.3 Å². The smallest absolute Gasteiger partial charge is 0.257 e. The second kappa shape index (κ2) is 6.58. The summed E-state index contributed by atoms with van der Waals surface area (Å²) < 4.78 is 5.49. The lowest BCUT2D eigenvalue weighted by molar-refractivity contribution is -0.118. The number of nitrogens with zero attached hydrogens (tertiary/aromatic N) is 1. The maximum atomic E-state index is 11.5. The molecule has 0 radical (unpaired) electrons. The molecule has 1 atom stereocenters. The van der Waals surface area contributed by atoms with Gasteiger partial charge in [-0.1, -0.05) is 23.9 Å². The number of amides is 1. The Hall–Kier alpha value is -1.53. The Morgan fingerprint density at radius 2 is 2.32 bits per heavy atom. The Morgan fingerprint density at radius 1 is 1.53 bits per heavy atom. The molecule has 0 saturated heterocycles. The molecule has 2 aromatic rings. The van der Waals surface area contributed by atoms with Gasteiger partial charge in [0, 0.05) is 6.54 Å². The van der Waals surface area contributed by atoms with Gasteiger partial charge in [0.2, 0.25) is 5.91 Å². The predicted molar refractivity (Wildman–Crippen MR) is 74.0 cm³/mol. The Balaban J connectivity index is 1.80. The molecule has 1 aromatic heterocycles. The highest BCUT2D eigenvalue weighted by Gasteiger charge is 2.08. The van der Waals surface area contributed by atoms with Gasteiger partial charge < -0.3 is 14.8 Å². The molecule has 0 bridgehead atoms. The largest absolute Gasteiger partial charge is 0.431 e. The highest BCUT2D eigenvalue weighted by molar-refractivity contribution is 7.99. The second-order valence-electron chi connectivity index (χ2n) is 4.22. The normalized spacial score (nSPS) is 12.5. The first-order chi connectivity index (χ1) is 9.15. The van der Waals surface area contributed by atoms with Crippen LogP contribution in [0.1, 0.15) is 13.3 Å². The van der Waals surface area contributed by atoms with E-state index in [-0.39, 0.29) is 11.7 Å². The molecule has 1 heterocycles. The molecular weight excluding hydrogens is 264 g/mol. The number of hydrogen-bond donors (Lipinski definition) is 2. The van der Waals surface area contributed by atoms with E-state index >= 15 is 0 Å². The van der Waals surface area contributed by atoms with Crippen LogP contribution in [0.4, 0.5) is 0 Å². The topological polar surface area (TPSA) is 75.4 Å². The van der Waals surface area contributed by atoms with Gasteiger partial charge in [-0.15, -0.1) is 0 Å². The molecule has 1 amide bonds. The third-order valence-corrected chi connectivity index (χ3v) is 3.31. The van der Waals surface area contributed by atoms with Gasteiger partial charge in [0.1, 0.15) is 5.52 Å². The number of carbonyl (C=O) groups is 1. The molecule has 2 N–H and O–H groups in total. The van der Waals surface area contributed by atoms with E-state index in [1.54, 1.807) is 6.92 Å². The van der Waals surface area contributed by atoms with Crippen molar-refractivity contribution in [1.29, 1.82) is 0 Å². The van der Waals surface area contributed by atoms with Crippen LogP contribution < -0.4 is 5.32 Å². The van der Waals surface area contributed by atoms with Crippen molar-refractivity contribution >= 4 is 28.8 Å². The monoisotopic (exact) mass is 280 g/mol. The first kappa shape index (κ1) is 13.9. The predicted octanol–water partition coefficient (Wildman–Crippen LogP) is 1.81. The lowest BCUT2D eigenvalue weighted by Gasteiger charge is -2.05. The van der Waals surface area contributed by atoms with Crippen molar-refractivity contribution in [1.82, 2.24) is 10.3 Å². The fourth-order valence-corrected chi connectivity index (χ4v) is 2.18. The molecule has 0 aliphatic rings. The van der Waals surface area contributed by atoms with Gasteiger partial charge in [0.25, 0.3) is 5.22 Å². The summed E-state index contributed by atoms with van der Waals surface area (Å²) in [6, 6.07) is 7.48. The molecule has 0 spiro atoms. The molecule has 0 aliphatic heterocycles. The summed E-state index contributed by atoms with van der Waals surface area (Å²) in [4.78, 5) is 15.8. The summed E-state index contributed by atoms with van der Waals surface area (Å²) in [7, 11) is 0. The number of aromatic nitrogens is 1. The SMILES string of the molecule is CC(O)CCNC(=O)CSc1nc2ccccc2o1. The molecular formula is C13H16N2O3S. The summed E-state index contributed by atoms with van der Waals surface area (Å²) in [5, 5.41) is 12.3. The second-order valence-corrected chi connectivity index (χ2v) is 5.15. The lowest BCUT2D eigenvalue weighted by Crippen LogP contribution is -2.27. The zero-order valence-electron chi connectivity index (χ0n) is 10.6. The van der Waals surface area contributed by atoms with E-state index in [1.807, 2.05) is 24.3 Å². The number of benzene rings is 1. The van der Waals surface area contributed by atoms with E-state index in [1.165, 1.54) is 11.8 Å². The van der Waals surface area contributed by atoms with E-state index in [2.05, 4.69) is 10.3 Å². The molecule has 1 unspecified atom stereocenters. The Bertz CT molecular complexity index is 521. The van der Waals surface area contributed by atoms with Gasteiger partial charge in [-0.25, -0.2) is 4.98 Å². The van der Waals surface area contributed by atoms with Crippen molar-refractivity contribution in [2.45, 2.75) is 24.7 Å². The minimum atomic E-state index is -0.398. The lowest BCUT2D eigenvalue weighted by atomic mass is 10.3. The van der Waals surface area contributed by atoms with Crippen LogP contribution in [0.2, 0.25) is 0 Å². The van der Waals surface area contributed by atoms with E-state index in [0.717, 1.165) is 11.1 Å². The number of para-hydroxylation sites is 2. The van der Waals surface area contributed by atoms with Crippen molar-refractivity contribution in [3.63, 3.8) is 0 Å². The van der Waals surface area contributed by atoms with E-state index in [9.17, 15) is 4.79 Å². The molecule has 19 heavy (non-hydrogen) atoms. The summed E-state index contributed by atoms with van der Waals surface area (Å²) in [5.41, 5.74) is 1.51. The maximum Gasteiger partial charge on any atom is 0.257 e. The van der Waals surface area contributed by atoms with Gasteiger partial charge in [-0.05, 0) is 25.5 Å². The van der Waals surface area contributed by atoms with Crippen molar-refractivity contribution in [2.75, 3.05) is 12.3 Å². The third kappa shape index (κ3) is 4.25. The Kier molecular flexibility index (Phi) is 4.81. The van der Waals surface area contributed by atoms with Crippen molar-refractivity contribution in [3.05, 3.63) is 24.3 Å². The number of hydrogen-bond acceptors (Lipinski definition) is 5. The minimum absolute atomic E-state index is 0.0899. The highest BCUT2D eigenvalue weighted by atomic mass is 32.2. The molecule has 6 heteroatoms. The van der Waals surface area contributed by atoms with E-state index in [4.69, 9.17) is 9.52 Å². The molecule has 0 aliphatic carbocycles. The molecule has 0 saturated carbocycles. The van der Waals surface area contributed by atoms with Crippen LogP contribution in [0.3, 0.4) is 0 Å².